The highest BCUT2D eigenvalue weighted by molar-refractivity contribution is 5.78. The number of hydrogen-bond donors (Lipinski definition) is 2. The number of carbonyl (C=O) groups is 1. The van der Waals surface area contributed by atoms with E-state index in [1.54, 1.807) is 13.0 Å². The highest BCUT2D eigenvalue weighted by Crippen LogP contribution is 2.28. The van der Waals surface area contributed by atoms with Crippen LogP contribution in [-0.2, 0) is 4.79 Å². The molecule has 0 aliphatic carbocycles. The lowest BCUT2D eigenvalue weighted by Gasteiger charge is -2.11. The van der Waals surface area contributed by atoms with Gasteiger partial charge in [0.05, 0.1) is 17.3 Å². The van der Waals surface area contributed by atoms with Crippen LogP contribution in [0.15, 0.2) is 49.2 Å². The van der Waals surface area contributed by atoms with Gasteiger partial charge >= 0.3 is 0 Å². The Bertz CT molecular complexity index is 621. The van der Waals surface area contributed by atoms with Crippen LogP contribution in [0.4, 0.5) is 8.78 Å². The van der Waals surface area contributed by atoms with Gasteiger partial charge in [-0.3, -0.25) is 9.78 Å². The molecule has 1 aromatic rings. The van der Waals surface area contributed by atoms with Gasteiger partial charge in [-0.1, -0.05) is 33.1 Å². The van der Waals surface area contributed by atoms with Gasteiger partial charge < -0.3 is 10.6 Å². The Hall–Kier alpha value is -2.34. The van der Waals surface area contributed by atoms with E-state index >= 15 is 0 Å². The van der Waals surface area contributed by atoms with Gasteiger partial charge in [-0.2, -0.15) is 0 Å². The van der Waals surface area contributed by atoms with Crippen molar-refractivity contribution in [2.24, 2.45) is 0 Å². The van der Waals surface area contributed by atoms with E-state index in [0.717, 1.165) is 12.1 Å². The van der Waals surface area contributed by atoms with E-state index in [1.807, 2.05) is 13.8 Å². The molecule has 2 heterocycles. The third-order valence-corrected chi connectivity index (χ3v) is 3.83. The maximum Gasteiger partial charge on any atom is 0.207 e. The van der Waals surface area contributed by atoms with Crippen LogP contribution in [-0.4, -0.2) is 24.0 Å². The molecule has 0 aromatic carbocycles. The van der Waals surface area contributed by atoms with Crippen LogP contribution in [0, 0.1) is 0 Å². The highest BCUT2D eigenvalue weighted by atomic mass is 19.1. The number of aromatic nitrogens is 1. The fourth-order valence-electron chi connectivity index (χ4n) is 2.38. The molecule has 1 saturated heterocycles. The summed E-state index contributed by atoms with van der Waals surface area (Å²) in [5, 5.41) is 5.85. The molecule has 4 nitrogen and oxygen atoms in total. The molecule has 2 rings (SSSR count). The number of allylic oxidation sites excluding steroid dienone is 4. The van der Waals surface area contributed by atoms with E-state index in [1.165, 1.54) is 31.6 Å². The highest BCUT2D eigenvalue weighted by Gasteiger charge is 2.13. The first-order valence-electron chi connectivity index (χ1n) is 9.17. The molecular formula is C21H31F2N3O. The molecule has 150 valence electrons. The average Bonchev–Trinajstić information content (AvgIpc) is 3.15. The summed E-state index contributed by atoms with van der Waals surface area (Å²) < 4.78 is 26.7. The van der Waals surface area contributed by atoms with Crippen LogP contribution in [0.5, 0.6) is 0 Å². The van der Waals surface area contributed by atoms with Crippen LogP contribution in [0.25, 0.3) is 5.57 Å². The van der Waals surface area contributed by atoms with Gasteiger partial charge in [0.1, 0.15) is 11.7 Å². The molecule has 0 spiro atoms. The van der Waals surface area contributed by atoms with Crippen LogP contribution in [0.2, 0.25) is 0 Å². The molecule has 1 aliphatic heterocycles. The lowest BCUT2D eigenvalue weighted by atomic mass is 10.0. The van der Waals surface area contributed by atoms with Crippen molar-refractivity contribution >= 4 is 12.0 Å². The van der Waals surface area contributed by atoms with Crippen molar-refractivity contribution < 1.29 is 13.6 Å². The Morgan fingerprint density at radius 3 is 2.41 bits per heavy atom. The quantitative estimate of drug-likeness (QED) is 0.539. The zero-order chi connectivity index (χ0) is 20.8. The van der Waals surface area contributed by atoms with E-state index < -0.39 is 11.7 Å². The van der Waals surface area contributed by atoms with Gasteiger partial charge in [0, 0.05) is 17.8 Å². The summed E-state index contributed by atoms with van der Waals surface area (Å²) in [5.41, 5.74) is 0.565. The maximum atomic E-state index is 13.5. The third kappa shape index (κ3) is 8.73. The smallest absolute Gasteiger partial charge is 0.207 e. The second-order valence-corrected chi connectivity index (χ2v) is 5.81. The number of pyridine rings is 1. The maximum absolute atomic E-state index is 13.5. The Balaban J connectivity index is 0.000000702. The summed E-state index contributed by atoms with van der Waals surface area (Å²) in [6, 6.07) is 3.60. The van der Waals surface area contributed by atoms with Gasteiger partial charge in [0.15, 0.2) is 0 Å². The third-order valence-electron chi connectivity index (χ3n) is 3.83. The Morgan fingerprint density at radius 2 is 2.07 bits per heavy atom. The molecule has 1 fully saturated rings. The normalized spacial score (nSPS) is 17.2. The minimum absolute atomic E-state index is 0.256. The van der Waals surface area contributed by atoms with E-state index in [4.69, 9.17) is 0 Å². The van der Waals surface area contributed by atoms with Crippen LogP contribution in [0.1, 0.15) is 57.8 Å². The standard InChI is InChI=1S/C14H14F2N2O.C5H11N.C2H6/c1-4-12(16)14(9(2)15)11-5-6-13(17-7-11)10(3)18-8-19;1-5-3-2-4-6-5;1-2/h4-8,10H,1-2H2,3H3,(H,18,19);5-6H,2-4H2,1H3;1-2H3/b14-12-;;. The number of nitrogens with one attached hydrogen (secondary N) is 2. The number of carbonyl (C=O) groups excluding carboxylic acids is 1. The van der Waals surface area contributed by atoms with E-state index in [2.05, 4.69) is 35.7 Å². The Kier molecular flexibility index (Phi) is 12.6. The number of hydrogen-bond acceptors (Lipinski definition) is 3. The van der Waals surface area contributed by atoms with Crippen molar-refractivity contribution in [2.75, 3.05) is 6.54 Å². The van der Waals surface area contributed by atoms with Gasteiger partial charge in [-0.25, -0.2) is 8.78 Å². The van der Waals surface area contributed by atoms with Crippen molar-refractivity contribution in [1.82, 2.24) is 15.6 Å². The Morgan fingerprint density at radius 1 is 1.41 bits per heavy atom. The lowest BCUT2D eigenvalue weighted by molar-refractivity contribution is -0.110. The van der Waals surface area contributed by atoms with Crippen molar-refractivity contribution in [3.63, 3.8) is 0 Å². The number of rotatable bonds is 6. The van der Waals surface area contributed by atoms with Crippen molar-refractivity contribution in [1.29, 1.82) is 0 Å². The minimum Gasteiger partial charge on any atom is -0.351 e. The molecular weight excluding hydrogens is 348 g/mol. The molecule has 1 aliphatic rings. The fourth-order valence-corrected chi connectivity index (χ4v) is 2.38. The van der Waals surface area contributed by atoms with Crippen molar-refractivity contribution in [3.8, 4) is 0 Å². The predicted octanol–water partition coefficient (Wildman–Crippen LogP) is 5.02. The first-order valence-corrected chi connectivity index (χ1v) is 9.17. The zero-order valence-electron chi connectivity index (χ0n) is 16.7. The summed E-state index contributed by atoms with van der Waals surface area (Å²) >= 11 is 0. The predicted molar refractivity (Wildman–Crippen MR) is 108 cm³/mol. The SMILES string of the molecule is C=C/C(F)=C(\C(=C)F)c1ccc(C(C)NC=O)nc1.CC.CC1CCCN1. The molecule has 2 N–H and O–H groups in total. The van der Waals surface area contributed by atoms with E-state index in [0.29, 0.717) is 12.1 Å². The molecule has 0 saturated carbocycles. The molecule has 2 atom stereocenters. The van der Waals surface area contributed by atoms with Crippen LogP contribution >= 0.6 is 0 Å². The van der Waals surface area contributed by atoms with Crippen molar-refractivity contribution in [2.45, 2.75) is 52.6 Å². The van der Waals surface area contributed by atoms with Gasteiger partial charge in [-0.05, 0) is 45.4 Å². The van der Waals surface area contributed by atoms with Crippen molar-refractivity contribution in [3.05, 3.63) is 60.5 Å². The number of nitrogens with zero attached hydrogens (tertiary/aromatic N) is 1. The molecule has 0 radical (unpaired) electrons. The fraction of sp³-hybridized carbons (Fsp3) is 0.429. The van der Waals surface area contributed by atoms with Crippen LogP contribution < -0.4 is 10.6 Å². The molecule has 1 aromatic heterocycles. The molecule has 0 bridgehead atoms. The molecule has 2 unspecified atom stereocenters. The summed E-state index contributed by atoms with van der Waals surface area (Å²) in [6.07, 6.45) is 5.54. The first-order chi connectivity index (χ1) is 12.9. The summed E-state index contributed by atoms with van der Waals surface area (Å²) in [7, 11) is 0. The Labute approximate surface area is 161 Å². The average molecular weight is 379 g/mol. The molecule has 6 heteroatoms. The summed E-state index contributed by atoms with van der Waals surface area (Å²) in [5.74, 6) is -1.70. The largest absolute Gasteiger partial charge is 0.351 e. The molecule has 1 amide bonds. The molecule has 27 heavy (non-hydrogen) atoms. The number of amides is 1. The van der Waals surface area contributed by atoms with Gasteiger partial charge in [0.2, 0.25) is 6.41 Å². The second-order valence-electron chi connectivity index (χ2n) is 5.81. The minimum atomic E-state index is -0.897. The topological polar surface area (TPSA) is 54.0 Å². The van der Waals surface area contributed by atoms with E-state index in [9.17, 15) is 13.6 Å². The van der Waals surface area contributed by atoms with Gasteiger partial charge in [-0.15, -0.1) is 0 Å². The lowest BCUT2D eigenvalue weighted by Crippen LogP contribution is -2.17. The van der Waals surface area contributed by atoms with E-state index in [-0.39, 0.29) is 17.2 Å². The number of halogens is 2. The first kappa shape index (κ1) is 24.7. The zero-order valence-corrected chi connectivity index (χ0v) is 16.7. The second kappa shape index (κ2) is 13.8. The monoisotopic (exact) mass is 379 g/mol. The summed E-state index contributed by atoms with van der Waals surface area (Å²) in [4.78, 5) is 14.4. The van der Waals surface area contributed by atoms with Crippen LogP contribution in [0.3, 0.4) is 0 Å². The van der Waals surface area contributed by atoms with Gasteiger partial charge in [0.25, 0.3) is 0 Å². The summed E-state index contributed by atoms with van der Waals surface area (Å²) in [6.45, 7) is 15.5.